The van der Waals surface area contributed by atoms with Crippen molar-refractivity contribution in [1.82, 2.24) is 0 Å². The molecule has 1 aliphatic rings. The zero-order valence-electron chi connectivity index (χ0n) is 17.2. The molecule has 3 aromatic carbocycles. The number of halogens is 1. The van der Waals surface area contributed by atoms with Crippen molar-refractivity contribution in [2.45, 2.75) is 25.7 Å². The molecule has 31 heavy (non-hydrogen) atoms. The highest BCUT2D eigenvalue weighted by molar-refractivity contribution is 6.25. The molecule has 0 aromatic heterocycles. The second-order valence-electron chi connectivity index (χ2n) is 8.06. The topological polar surface area (TPSA) is 60.2 Å². The molecule has 0 aliphatic heterocycles. The number of nitrogen functional groups attached to an aromatic ring is 1. The summed E-state index contributed by atoms with van der Waals surface area (Å²) in [4.78, 5) is 25.8. The lowest BCUT2D eigenvalue weighted by Gasteiger charge is -2.09. The van der Waals surface area contributed by atoms with Crippen LogP contribution in [0.15, 0.2) is 72.8 Å². The van der Waals surface area contributed by atoms with Crippen molar-refractivity contribution < 1.29 is 14.0 Å². The van der Waals surface area contributed by atoms with E-state index in [-0.39, 0.29) is 23.8 Å². The number of carbonyl (C=O) groups excluding carboxylic acids is 2. The molecular weight excluding hydrogens is 389 g/mol. The van der Waals surface area contributed by atoms with Crippen LogP contribution in [0.2, 0.25) is 0 Å². The third-order valence-corrected chi connectivity index (χ3v) is 5.55. The molecule has 3 aromatic rings. The Bertz CT molecular complexity index is 1140. The number of hydrogen-bond donors (Lipinski definition) is 1. The minimum atomic E-state index is -0.342. The van der Waals surface area contributed by atoms with Crippen LogP contribution >= 0.6 is 0 Å². The summed E-state index contributed by atoms with van der Waals surface area (Å²) in [7, 11) is 0. The van der Waals surface area contributed by atoms with Gasteiger partial charge in [0.25, 0.3) is 0 Å². The molecule has 0 bridgehead atoms. The summed E-state index contributed by atoms with van der Waals surface area (Å²) in [5, 5.41) is 0. The van der Waals surface area contributed by atoms with E-state index < -0.39 is 0 Å². The Labute approximate surface area is 181 Å². The SMILES string of the molecule is Nc1ccccc1CC(=O)c1cccc(/C=C(/C(=O)CC2CC2)c2ccc(F)cc2)c1. The summed E-state index contributed by atoms with van der Waals surface area (Å²) in [6, 6.07) is 20.5. The van der Waals surface area contributed by atoms with E-state index in [9.17, 15) is 14.0 Å². The number of benzene rings is 3. The smallest absolute Gasteiger partial charge is 0.167 e. The van der Waals surface area contributed by atoms with Gasteiger partial charge in [0.1, 0.15) is 5.82 Å². The van der Waals surface area contributed by atoms with E-state index in [1.54, 1.807) is 42.5 Å². The van der Waals surface area contributed by atoms with Gasteiger partial charge >= 0.3 is 0 Å². The highest BCUT2D eigenvalue weighted by Crippen LogP contribution is 2.35. The fourth-order valence-corrected chi connectivity index (χ4v) is 3.59. The summed E-state index contributed by atoms with van der Waals surface area (Å²) < 4.78 is 13.4. The minimum absolute atomic E-state index is 0.0409. The Morgan fingerprint density at radius 2 is 1.68 bits per heavy atom. The van der Waals surface area contributed by atoms with Crippen molar-refractivity contribution in [3.63, 3.8) is 0 Å². The van der Waals surface area contributed by atoms with E-state index >= 15 is 0 Å². The van der Waals surface area contributed by atoms with Crippen molar-refractivity contribution in [2.24, 2.45) is 5.92 Å². The monoisotopic (exact) mass is 413 g/mol. The molecule has 0 atom stereocenters. The molecule has 156 valence electrons. The molecule has 2 N–H and O–H groups in total. The predicted molar refractivity (Wildman–Crippen MR) is 122 cm³/mol. The first kappa shape index (κ1) is 20.7. The molecule has 1 fully saturated rings. The average molecular weight is 413 g/mol. The number of ketones is 2. The normalized spacial score (nSPS) is 13.8. The number of nitrogens with two attached hydrogens (primary N) is 1. The van der Waals surface area contributed by atoms with Crippen molar-refractivity contribution in [3.8, 4) is 0 Å². The average Bonchev–Trinajstić information content (AvgIpc) is 3.58. The quantitative estimate of drug-likeness (QED) is 0.222. The van der Waals surface area contributed by atoms with Crippen LogP contribution in [0.25, 0.3) is 11.6 Å². The first-order chi connectivity index (χ1) is 15.0. The molecule has 0 unspecified atom stereocenters. The van der Waals surface area contributed by atoms with Gasteiger partial charge in [-0.05, 0) is 65.8 Å². The maximum Gasteiger partial charge on any atom is 0.167 e. The number of Topliss-reactive ketones (excluding diaryl/α,β-unsaturated/α-hetero) is 2. The summed E-state index contributed by atoms with van der Waals surface area (Å²) in [5.41, 5.74) is 9.90. The molecule has 0 amide bonds. The highest BCUT2D eigenvalue weighted by Gasteiger charge is 2.26. The molecule has 0 heterocycles. The van der Waals surface area contributed by atoms with Gasteiger partial charge in [-0.3, -0.25) is 9.59 Å². The summed E-state index contributed by atoms with van der Waals surface area (Å²) in [6.07, 6.45) is 4.66. The van der Waals surface area contributed by atoms with Gasteiger partial charge in [-0.2, -0.15) is 0 Å². The summed E-state index contributed by atoms with van der Waals surface area (Å²) in [6.45, 7) is 0. The van der Waals surface area contributed by atoms with Crippen molar-refractivity contribution >= 4 is 28.9 Å². The number of hydrogen-bond acceptors (Lipinski definition) is 3. The Morgan fingerprint density at radius 3 is 2.39 bits per heavy atom. The van der Waals surface area contributed by atoms with Gasteiger partial charge in [-0.15, -0.1) is 0 Å². The standard InChI is InChI=1S/C27H24FNO2/c28-23-12-10-20(11-13-23)24(27(31)16-18-8-9-18)15-19-4-3-6-22(14-19)26(30)17-21-5-1-2-7-25(21)29/h1-7,10-15,18H,8-9,16-17,29H2/b24-15+. The largest absolute Gasteiger partial charge is 0.398 e. The number of rotatable bonds is 8. The number of para-hydroxylation sites is 1. The maximum absolute atomic E-state index is 13.4. The molecule has 0 saturated heterocycles. The summed E-state index contributed by atoms with van der Waals surface area (Å²) in [5.74, 6) is 0.106. The van der Waals surface area contributed by atoms with Crippen molar-refractivity contribution in [2.75, 3.05) is 5.73 Å². The van der Waals surface area contributed by atoms with Gasteiger partial charge < -0.3 is 5.73 Å². The Morgan fingerprint density at radius 1 is 0.935 bits per heavy atom. The first-order valence-corrected chi connectivity index (χ1v) is 10.5. The predicted octanol–water partition coefficient (Wildman–Crippen LogP) is 5.74. The molecule has 0 spiro atoms. The fourth-order valence-electron chi connectivity index (χ4n) is 3.59. The minimum Gasteiger partial charge on any atom is -0.398 e. The molecule has 3 nitrogen and oxygen atoms in total. The van der Waals surface area contributed by atoms with Gasteiger partial charge in [-0.25, -0.2) is 4.39 Å². The van der Waals surface area contributed by atoms with Crippen LogP contribution in [0.5, 0.6) is 0 Å². The highest BCUT2D eigenvalue weighted by atomic mass is 19.1. The van der Waals surface area contributed by atoms with E-state index in [4.69, 9.17) is 5.73 Å². The van der Waals surface area contributed by atoms with Crippen LogP contribution in [-0.4, -0.2) is 11.6 Å². The van der Waals surface area contributed by atoms with Crippen LogP contribution in [0.1, 0.15) is 46.3 Å². The van der Waals surface area contributed by atoms with Crippen LogP contribution in [-0.2, 0) is 11.2 Å². The third-order valence-electron chi connectivity index (χ3n) is 5.55. The van der Waals surface area contributed by atoms with E-state index in [1.165, 1.54) is 12.1 Å². The lowest BCUT2D eigenvalue weighted by Crippen LogP contribution is -2.06. The van der Waals surface area contributed by atoms with Crippen LogP contribution < -0.4 is 5.73 Å². The van der Waals surface area contributed by atoms with Crippen molar-refractivity contribution in [1.29, 1.82) is 0 Å². The van der Waals surface area contributed by atoms with E-state index in [0.29, 0.717) is 34.7 Å². The zero-order chi connectivity index (χ0) is 21.8. The van der Waals surface area contributed by atoms with E-state index in [0.717, 1.165) is 24.0 Å². The zero-order valence-corrected chi connectivity index (χ0v) is 17.2. The van der Waals surface area contributed by atoms with Gasteiger partial charge in [0.15, 0.2) is 11.6 Å². The Hall–Kier alpha value is -3.53. The molecule has 1 saturated carbocycles. The molecular formula is C27H24FNO2. The van der Waals surface area contributed by atoms with Gasteiger partial charge in [-0.1, -0.05) is 48.5 Å². The molecule has 4 rings (SSSR count). The lowest BCUT2D eigenvalue weighted by molar-refractivity contribution is -0.114. The molecule has 1 aliphatic carbocycles. The number of allylic oxidation sites excluding steroid dienone is 1. The van der Waals surface area contributed by atoms with Crippen LogP contribution in [0.4, 0.5) is 10.1 Å². The number of anilines is 1. The Balaban J connectivity index is 1.62. The Kier molecular flexibility index (Phi) is 6.08. The second-order valence-corrected chi connectivity index (χ2v) is 8.06. The van der Waals surface area contributed by atoms with Gasteiger partial charge in [0.2, 0.25) is 0 Å². The van der Waals surface area contributed by atoms with Gasteiger partial charge in [0.05, 0.1) is 0 Å². The number of carbonyl (C=O) groups is 2. The fraction of sp³-hybridized carbons (Fsp3) is 0.185. The van der Waals surface area contributed by atoms with Crippen molar-refractivity contribution in [3.05, 3.63) is 101 Å². The third kappa shape index (κ3) is 5.34. The summed E-state index contributed by atoms with van der Waals surface area (Å²) >= 11 is 0. The van der Waals surface area contributed by atoms with Gasteiger partial charge in [0, 0.05) is 29.7 Å². The van der Waals surface area contributed by atoms with E-state index in [2.05, 4.69) is 0 Å². The first-order valence-electron chi connectivity index (χ1n) is 10.5. The lowest BCUT2D eigenvalue weighted by atomic mass is 9.94. The molecule has 4 heteroatoms. The second kappa shape index (κ2) is 9.09. The maximum atomic E-state index is 13.4. The van der Waals surface area contributed by atoms with Crippen LogP contribution in [0.3, 0.4) is 0 Å². The van der Waals surface area contributed by atoms with Crippen LogP contribution in [0, 0.1) is 11.7 Å². The molecule has 0 radical (unpaired) electrons. The van der Waals surface area contributed by atoms with E-state index in [1.807, 2.05) is 24.3 Å².